The summed E-state index contributed by atoms with van der Waals surface area (Å²) in [5.74, 6) is -0.801. The summed E-state index contributed by atoms with van der Waals surface area (Å²) < 4.78 is 28.7. The number of carbonyl (C=O) groups excluding carboxylic acids is 1. The Morgan fingerprint density at radius 1 is 0.800 bits per heavy atom. The summed E-state index contributed by atoms with van der Waals surface area (Å²) in [5.41, 5.74) is 2.70. The van der Waals surface area contributed by atoms with Crippen LogP contribution in [0.4, 0.5) is 8.78 Å². The third kappa shape index (κ3) is 4.47. The van der Waals surface area contributed by atoms with E-state index in [0.717, 1.165) is 22.0 Å². The molecule has 1 amide bonds. The molecule has 7 heteroatoms. The Kier molecular flexibility index (Phi) is 6.17. The average Bonchev–Trinajstić information content (AvgIpc) is 2.88. The topological polar surface area (TPSA) is 45.6 Å². The van der Waals surface area contributed by atoms with Gasteiger partial charge in [-0.3, -0.25) is 14.5 Å². The lowest BCUT2D eigenvalue weighted by Gasteiger charge is -2.40. The molecule has 0 radical (unpaired) electrons. The second kappa shape index (κ2) is 9.43. The Morgan fingerprint density at radius 3 is 1.91 bits per heavy atom. The third-order valence-corrected chi connectivity index (χ3v) is 6.72. The molecule has 0 bridgehead atoms. The number of para-hydroxylation sites is 1. The zero-order chi connectivity index (χ0) is 24.5. The van der Waals surface area contributed by atoms with Crippen molar-refractivity contribution in [1.29, 1.82) is 0 Å². The molecule has 3 aromatic carbocycles. The van der Waals surface area contributed by atoms with Gasteiger partial charge in [-0.15, -0.1) is 0 Å². The standard InChI is InChI=1S/C28H25F2N3O2/c1-31-25-5-3-2-4-23(25)24(18-26(31)34)28(35)33-16-14-32(15-17-33)27(19-6-10-21(29)11-7-19)20-8-12-22(30)13-9-20/h2-13,18,27H,14-17H2,1H3. The van der Waals surface area contributed by atoms with Gasteiger partial charge in [-0.05, 0) is 41.5 Å². The molecule has 1 aromatic heterocycles. The van der Waals surface area contributed by atoms with Crippen LogP contribution in [0.25, 0.3) is 10.9 Å². The van der Waals surface area contributed by atoms with Crippen molar-refractivity contribution in [3.8, 4) is 0 Å². The highest BCUT2D eigenvalue weighted by Gasteiger charge is 2.29. The Morgan fingerprint density at radius 2 is 1.34 bits per heavy atom. The first kappa shape index (κ1) is 22.9. The number of piperazine rings is 1. The van der Waals surface area contributed by atoms with Gasteiger partial charge in [0.1, 0.15) is 11.6 Å². The van der Waals surface area contributed by atoms with E-state index in [1.165, 1.54) is 30.3 Å². The zero-order valence-corrected chi connectivity index (χ0v) is 19.3. The van der Waals surface area contributed by atoms with E-state index in [1.54, 1.807) is 40.8 Å². The molecule has 0 unspecified atom stereocenters. The summed E-state index contributed by atoms with van der Waals surface area (Å²) in [6.07, 6.45) is 0. The van der Waals surface area contributed by atoms with Crippen LogP contribution in [0.1, 0.15) is 27.5 Å². The van der Waals surface area contributed by atoms with Gasteiger partial charge in [0.15, 0.2) is 0 Å². The van der Waals surface area contributed by atoms with Crippen molar-refractivity contribution in [3.05, 3.63) is 118 Å². The molecule has 5 nitrogen and oxygen atoms in total. The molecule has 0 saturated carbocycles. The zero-order valence-electron chi connectivity index (χ0n) is 19.3. The molecule has 4 aromatic rings. The van der Waals surface area contributed by atoms with E-state index in [2.05, 4.69) is 4.90 Å². The Bertz CT molecular complexity index is 1380. The van der Waals surface area contributed by atoms with Gasteiger partial charge in [-0.25, -0.2) is 8.78 Å². The molecule has 35 heavy (non-hydrogen) atoms. The van der Waals surface area contributed by atoms with E-state index in [-0.39, 0.29) is 29.1 Å². The van der Waals surface area contributed by atoms with Gasteiger partial charge in [0.2, 0.25) is 0 Å². The highest BCUT2D eigenvalue weighted by molar-refractivity contribution is 6.06. The molecule has 0 spiro atoms. The fourth-order valence-electron chi connectivity index (χ4n) is 4.85. The van der Waals surface area contributed by atoms with Crippen molar-refractivity contribution >= 4 is 16.8 Å². The number of rotatable bonds is 4. The van der Waals surface area contributed by atoms with Crippen molar-refractivity contribution < 1.29 is 13.6 Å². The minimum Gasteiger partial charge on any atom is -0.336 e. The third-order valence-electron chi connectivity index (χ3n) is 6.72. The maximum absolute atomic E-state index is 13.6. The summed E-state index contributed by atoms with van der Waals surface area (Å²) in [6.45, 7) is 2.10. The molecular weight excluding hydrogens is 448 g/mol. The monoisotopic (exact) mass is 473 g/mol. The van der Waals surface area contributed by atoms with Crippen molar-refractivity contribution in [2.45, 2.75) is 6.04 Å². The van der Waals surface area contributed by atoms with Gasteiger partial charge >= 0.3 is 0 Å². The molecule has 1 aliphatic rings. The number of carbonyl (C=O) groups is 1. The summed E-state index contributed by atoms with van der Waals surface area (Å²) in [4.78, 5) is 29.9. The second-order valence-electron chi connectivity index (χ2n) is 8.81. The van der Waals surface area contributed by atoms with E-state index in [4.69, 9.17) is 0 Å². The van der Waals surface area contributed by atoms with Gasteiger partial charge in [-0.1, -0.05) is 42.5 Å². The molecule has 178 valence electrons. The molecule has 2 heterocycles. The fourth-order valence-corrected chi connectivity index (χ4v) is 4.85. The first-order valence-corrected chi connectivity index (χ1v) is 11.6. The van der Waals surface area contributed by atoms with Crippen LogP contribution >= 0.6 is 0 Å². The molecule has 0 atom stereocenters. The van der Waals surface area contributed by atoms with E-state index in [0.29, 0.717) is 31.7 Å². The number of aryl methyl sites for hydroxylation is 1. The van der Waals surface area contributed by atoms with Crippen molar-refractivity contribution in [1.82, 2.24) is 14.4 Å². The van der Waals surface area contributed by atoms with Gasteiger partial charge in [0.25, 0.3) is 11.5 Å². The van der Waals surface area contributed by atoms with Crippen LogP contribution in [-0.2, 0) is 7.05 Å². The predicted molar refractivity (Wildman–Crippen MR) is 131 cm³/mol. The minimum atomic E-state index is -0.316. The van der Waals surface area contributed by atoms with E-state index < -0.39 is 0 Å². The van der Waals surface area contributed by atoms with Crippen LogP contribution in [-0.4, -0.2) is 46.5 Å². The van der Waals surface area contributed by atoms with Gasteiger partial charge < -0.3 is 9.47 Å². The number of pyridine rings is 1. The number of hydrogen-bond acceptors (Lipinski definition) is 3. The largest absolute Gasteiger partial charge is 0.336 e. The van der Waals surface area contributed by atoms with Crippen molar-refractivity contribution in [3.63, 3.8) is 0 Å². The molecule has 5 rings (SSSR count). The molecule has 0 aliphatic carbocycles. The molecule has 1 saturated heterocycles. The number of nitrogens with zero attached hydrogens (tertiary/aromatic N) is 3. The maximum atomic E-state index is 13.6. The second-order valence-corrected chi connectivity index (χ2v) is 8.81. The van der Waals surface area contributed by atoms with Crippen molar-refractivity contribution in [2.75, 3.05) is 26.2 Å². The molecule has 0 N–H and O–H groups in total. The summed E-state index contributed by atoms with van der Waals surface area (Å²) in [6, 6.07) is 21.3. The lowest BCUT2D eigenvalue weighted by Crippen LogP contribution is -2.50. The van der Waals surface area contributed by atoms with Crippen LogP contribution in [0.5, 0.6) is 0 Å². The quantitative estimate of drug-likeness (QED) is 0.442. The Labute approximate surface area is 201 Å². The van der Waals surface area contributed by atoms with Gasteiger partial charge in [0, 0.05) is 44.7 Å². The van der Waals surface area contributed by atoms with Gasteiger partial charge in [0.05, 0.1) is 17.1 Å². The Balaban J connectivity index is 1.40. The first-order valence-electron chi connectivity index (χ1n) is 11.6. The summed E-state index contributed by atoms with van der Waals surface area (Å²) in [5, 5.41) is 0.748. The fraction of sp³-hybridized carbons (Fsp3) is 0.214. The number of benzene rings is 3. The number of aromatic nitrogens is 1. The predicted octanol–water partition coefficient (Wildman–Crippen LogP) is 4.36. The van der Waals surface area contributed by atoms with Crippen LogP contribution < -0.4 is 5.56 Å². The highest BCUT2D eigenvalue weighted by atomic mass is 19.1. The van der Waals surface area contributed by atoms with Crippen LogP contribution in [0.3, 0.4) is 0 Å². The van der Waals surface area contributed by atoms with Crippen molar-refractivity contribution in [2.24, 2.45) is 7.05 Å². The summed E-state index contributed by atoms with van der Waals surface area (Å²) >= 11 is 0. The smallest absolute Gasteiger partial charge is 0.254 e. The number of fused-ring (bicyclic) bond motifs is 1. The van der Waals surface area contributed by atoms with Crippen LogP contribution in [0, 0.1) is 11.6 Å². The minimum absolute atomic E-state index is 0.168. The number of hydrogen-bond donors (Lipinski definition) is 0. The molecular formula is C28H25F2N3O2. The Hall–Kier alpha value is -3.84. The normalized spacial score (nSPS) is 14.6. The van der Waals surface area contributed by atoms with Crippen LogP contribution in [0.2, 0.25) is 0 Å². The first-order chi connectivity index (χ1) is 16.9. The average molecular weight is 474 g/mol. The molecule has 1 aliphatic heterocycles. The lowest BCUT2D eigenvalue weighted by atomic mass is 9.96. The SMILES string of the molecule is Cn1c(=O)cc(C(=O)N2CCN(C(c3ccc(F)cc3)c3ccc(F)cc3)CC2)c2ccccc21. The number of halogens is 2. The molecule has 1 fully saturated rings. The van der Waals surface area contributed by atoms with E-state index in [1.807, 2.05) is 24.3 Å². The van der Waals surface area contributed by atoms with E-state index >= 15 is 0 Å². The highest BCUT2D eigenvalue weighted by Crippen LogP contribution is 2.30. The summed E-state index contributed by atoms with van der Waals surface area (Å²) in [7, 11) is 1.70. The van der Waals surface area contributed by atoms with Gasteiger partial charge in [-0.2, -0.15) is 0 Å². The van der Waals surface area contributed by atoms with E-state index in [9.17, 15) is 18.4 Å². The maximum Gasteiger partial charge on any atom is 0.254 e. The van der Waals surface area contributed by atoms with Crippen LogP contribution in [0.15, 0.2) is 83.7 Å². The number of amides is 1. The lowest BCUT2D eigenvalue weighted by molar-refractivity contribution is 0.0599.